The van der Waals surface area contributed by atoms with Gasteiger partial charge in [0, 0.05) is 17.8 Å². The van der Waals surface area contributed by atoms with Gasteiger partial charge in [-0.1, -0.05) is 0 Å². The number of nitrogens with one attached hydrogen (secondary N) is 1. The molecule has 1 atom stereocenters. The summed E-state index contributed by atoms with van der Waals surface area (Å²) in [7, 11) is 0. The van der Waals surface area contributed by atoms with Gasteiger partial charge in [0.05, 0.1) is 4.92 Å². The minimum absolute atomic E-state index is 0.0247. The Morgan fingerprint density at radius 1 is 1.50 bits per heavy atom. The molecule has 120 valence electrons. The number of carbonyl (C=O) groups is 1. The number of rotatable bonds is 2. The number of nitro groups is 1. The third kappa shape index (κ3) is 3.93. The summed E-state index contributed by atoms with van der Waals surface area (Å²) in [4.78, 5) is 26.7. The van der Waals surface area contributed by atoms with Crippen molar-refractivity contribution < 1.29 is 14.5 Å². The van der Waals surface area contributed by atoms with Gasteiger partial charge in [0.25, 0.3) is 5.69 Å². The summed E-state index contributed by atoms with van der Waals surface area (Å²) < 4.78 is 5.24. The topological polar surface area (TPSA) is 94.4 Å². The first-order valence-corrected chi connectivity index (χ1v) is 7.29. The minimum Gasteiger partial charge on any atom is -0.444 e. The maximum absolute atomic E-state index is 11.8. The Labute approximate surface area is 129 Å². The van der Waals surface area contributed by atoms with Crippen LogP contribution in [0.3, 0.4) is 0 Å². The van der Waals surface area contributed by atoms with Gasteiger partial charge in [-0.3, -0.25) is 15.1 Å². The molecule has 1 heterocycles. The molecule has 0 bridgehead atoms. The molecular formula is C15H21N3O4. The first kappa shape index (κ1) is 16.2. The second-order valence-electron chi connectivity index (χ2n) is 6.54. The number of nitrogens with zero attached hydrogens (tertiary/aromatic N) is 2. The molecule has 0 saturated carbocycles. The Bertz CT molecular complexity index is 608. The molecule has 0 fully saturated rings. The van der Waals surface area contributed by atoms with E-state index >= 15 is 0 Å². The summed E-state index contributed by atoms with van der Waals surface area (Å²) in [6, 6.07) is 1.48. The number of carbonyl (C=O) groups excluding carboxylic acids is 1. The minimum atomic E-state index is -0.548. The molecule has 7 heteroatoms. The molecule has 1 aromatic heterocycles. The van der Waals surface area contributed by atoms with Crippen LogP contribution in [0.1, 0.15) is 44.1 Å². The Kier molecular flexibility index (Phi) is 4.35. The molecule has 1 N–H and O–H groups in total. The van der Waals surface area contributed by atoms with E-state index in [2.05, 4.69) is 10.3 Å². The van der Waals surface area contributed by atoms with Crippen LogP contribution in [0.4, 0.5) is 10.5 Å². The molecule has 7 nitrogen and oxygen atoms in total. The fourth-order valence-corrected chi connectivity index (χ4v) is 2.54. The van der Waals surface area contributed by atoms with Crippen LogP contribution in [-0.4, -0.2) is 27.6 Å². The van der Waals surface area contributed by atoms with Crippen LogP contribution in [0.15, 0.2) is 6.07 Å². The van der Waals surface area contributed by atoms with Crippen molar-refractivity contribution in [2.45, 2.75) is 58.6 Å². The van der Waals surface area contributed by atoms with Crippen LogP contribution in [0.5, 0.6) is 0 Å². The van der Waals surface area contributed by atoms with Crippen LogP contribution < -0.4 is 5.32 Å². The number of hydrogen-bond acceptors (Lipinski definition) is 5. The van der Waals surface area contributed by atoms with E-state index < -0.39 is 16.6 Å². The van der Waals surface area contributed by atoms with E-state index in [0.29, 0.717) is 18.5 Å². The summed E-state index contributed by atoms with van der Waals surface area (Å²) in [5, 5.41) is 13.8. The van der Waals surface area contributed by atoms with E-state index in [0.717, 1.165) is 17.7 Å². The molecule has 0 spiro atoms. The van der Waals surface area contributed by atoms with Gasteiger partial charge in [0.1, 0.15) is 11.3 Å². The highest BCUT2D eigenvalue weighted by molar-refractivity contribution is 5.68. The summed E-state index contributed by atoms with van der Waals surface area (Å²) in [6.07, 6.45) is 1.50. The number of alkyl carbamates (subject to hydrolysis) is 1. The average Bonchev–Trinajstić information content (AvgIpc) is 2.35. The van der Waals surface area contributed by atoms with Crippen molar-refractivity contribution >= 4 is 11.8 Å². The quantitative estimate of drug-likeness (QED) is 0.669. The van der Waals surface area contributed by atoms with Crippen molar-refractivity contribution in [3.05, 3.63) is 33.1 Å². The number of aromatic nitrogens is 1. The number of ether oxygens (including phenoxy) is 1. The average molecular weight is 307 g/mol. The van der Waals surface area contributed by atoms with E-state index in [-0.39, 0.29) is 11.7 Å². The molecule has 1 aliphatic carbocycles. The predicted molar refractivity (Wildman–Crippen MR) is 80.8 cm³/mol. The molecular weight excluding hydrogens is 286 g/mol. The first-order valence-electron chi connectivity index (χ1n) is 7.29. The van der Waals surface area contributed by atoms with Crippen molar-refractivity contribution in [3.8, 4) is 0 Å². The zero-order valence-corrected chi connectivity index (χ0v) is 13.3. The van der Waals surface area contributed by atoms with Gasteiger partial charge in [-0.25, -0.2) is 4.79 Å². The van der Waals surface area contributed by atoms with Crippen molar-refractivity contribution in [1.29, 1.82) is 0 Å². The molecule has 0 aliphatic heterocycles. The highest BCUT2D eigenvalue weighted by Gasteiger charge is 2.26. The second-order valence-corrected chi connectivity index (χ2v) is 6.54. The monoisotopic (exact) mass is 307 g/mol. The lowest BCUT2D eigenvalue weighted by Gasteiger charge is -2.27. The first-order chi connectivity index (χ1) is 10.2. The molecule has 22 heavy (non-hydrogen) atoms. The maximum Gasteiger partial charge on any atom is 0.407 e. The van der Waals surface area contributed by atoms with Gasteiger partial charge in [-0.15, -0.1) is 0 Å². The zero-order chi connectivity index (χ0) is 16.5. The van der Waals surface area contributed by atoms with Crippen LogP contribution in [0, 0.1) is 17.0 Å². The standard InChI is InChI=1S/C15H21N3O4/c1-9-13(18(20)21)8-10-7-11(5-6-12(10)16-9)17-14(19)22-15(2,3)4/h8,11H,5-7H2,1-4H3,(H,17,19). The predicted octanol–water partition coefficient (Wildman–Crippen LogP) is 2.68. The van der Waals surface area contributed by atoms with E-state index in [1.54, 1.807) is 33.8 Å². The smallest absolute Gasteiger partial charge is 0.407 e. The van der Waals surface area contributed by atoms with Crippen LogP contribution in [-0.2, 0) is 17.6 Å². The number of hydrogen-bond donors (Lipinski definition) is 1. The van der Waals surface area contributed by atoms with E-state index in [1.165, 1.54) is 0 Å². The normalized spacial score (nSPS) is 17.5. The molecule has 1 amide bonds. The van der Waals surface area contributed by atoms with Gasteiger partial charge < -0.3 is 10.1 Å². The summed E-state index contributed by atoms with van der Waals surface area (Å²) in [6.45, 7) is 7.06. The highest BCUT2D eigenvalue weighted by atomic mass is 16.6. The molecule has 2 rings (SSSR count). The lowest BCUT2D eigenvalue weighted by atomic mass is 9.91. The van der Waals surface area contributed by atoms with Gasteiger partial charge in [0.2, 0.25) is 0 Å². The largest absolute Gasteiger partial charge is 0.444 e. The van der Waals surface area contributed by atoms with E-state index in [4.69, 9.17) is 4.74 Å². The zero-order valence-electron chi connectivity index (χ0n) is 13.3. The number of pyridine rings is 1. The number of amides is 1. The number of fused-ring (bicyclic) bond motifs is 1. The van der Waals surface area contributed by atoms with E-state index in [9.17, 15) is 14.9 Å². The fraction of sp³-hybridized carbons (Fsp3) is 0.600. The van der Waals surface area contributed by atoms with Crippen molar-refractivity contribution in [3.63, 3.8) is 0 Å². The Morgan fingerprint density at radius 3 is 2.77 bits per heavy atom. The van der Waals surface area contributed by atoms with Crippen molar-refractivity contribution in [2.24, 2.45) is 0 Å². The molecule has 0 radical (unpaired) electrons. The summed E-state index contributed by atoms with van der Waals surface area (Å²) >= 11 is 0. The van der Waals surface area contributed by atoms with Crippen LogP contribution >= 0.6 is 0 Å². The van der Waals surface area contributed by atoms with Gasteiger partial charge in [-0.05, 0) is 52.5 Å². The number of aryl methyl sites for hydroxylation is 2. The van der Waals surface area contributed by atoms with Gasteiger partial charge in [-0.2, -0.15) is 0 Å². The van der Waals surface area contributed by atoms with Crippen molar-refractivity contribution in [1.82, 2.24) is 10.3 Å². The van der Waals surface area contributed by atoms with Crippen LogP contribution in [0.25, 0.3) is 0 Å². The molecule has 0 aromatic carbocycles. The van der Waals surface area contributed by atoms with Gasteiger partial charge >= 0.3 is 6.09 Å². The van der Waals surface area contributed by atoms with Crippen molar-refractivity contribution in [2.75, 3.05) is 0 Å². The van der Waals surface area contributed by atoms with Crippen LogP contribution in [0.2, 0.25) is 0 Å². The Morgan fingerprint density at radius 2 is 2.18 bits per heavy atom. The summed E-state index contributed by atoms with van der Waals surface area (Å²) in [5.41, 5.74) is 1.61. The third-order valence-electron chi connectivity index (χ3n) is 3.47. The van der Waals surface area contributed by atoms with E-state index in [1.807, 2.05) is 0 Å². The SMILES string of the molecule is Cc1nc2c(cc1[N+](=O)[O-])CC(NC(=O)OC(C)(C)C)CC2. The second kappa shape index (κ2) is 5.90. The maximum atomic E-state index is 11.8. The Hall–Kier alpha value is -2.18. The molecule has 0 saturated heterocycles. The van der Waals surface area contributed by atoms with Gasteiger partial charge in [0.15, 0.2) is 0 Å². The lowest BCUT2D eigenvalue weighted by molar-refractivity contribution is -0.385. The summed E-state index contributed by atoms with van der Waals surface area (Å²) in [5.74, 6) is 0. The molecule has 1 aliphatic rings. The molecule has 1 unspecified atom stereocenters. The third-order valence-corrected chi connectivity index (χ3v) is 3.47. The fourth-order valence-electron chi connectivity index (χ4n) is 2.54. The lowest BCUT2D eigenvalue weighted by Crippen LogP contribution is -2.42. The highest BCUT2D eigenvalue weighted by Crippen LogP contribution is 2.26. The molecule has 1 aromatic rings. The Balaban J connectivity index is 2.09.